The Hall–Kier alpha value is -2.62. The van der Waals surface area contributed by atoms with Crippen molar-refractivity contribution < 1.29 is 13.6 Å². The van der Waals surface area contributed by atoms with Gasteiger partial charge < -0.3 is 0 Å². The molecule has 0 unspecified atom stereocenters. The van der Waals surface area contributed by atoms with Crippen molar-refractivity contribution >= 4 is 16.7 Å². The van der Waals surface area contributed by atoms with E-state index in [1.54, 1.807) is 36.5 Å². The molecule has 2 aromatic carbocycles. The lowest BCUT2D eigenvalue weighted by Gasteiger charge is -2.30. The topological polar surface area (TPSA) is 30.0 Å². The van der Waals surface area contributed by atoms with Gasteiger partial charge in [-0.2, -0.15) is 0 Å². The first-order valence-electron chi connectivity index (χ1n) is 10.4. The molecule has 0 saturated heterocycles. The van der Waals surface area contributed by atoms with Crippen molar-refractivity contribution in [2.45, 2.75) is 44.4 Å². The van der Waals surface area contributed by atoms with Crippen LogP contribution >= 0.6 is 0 Å². The van der Waals surface area contributed by atoms with Crippen LogP contribution in [0.5, 0.6) is 0 Å². The highest BCUT2D eigenvalue weighted by molar-refractivity contribution is 5.87. The number of aromatic nitrogens is 1. The van der Waals surface area contributed by atoms with Crippen LogP contribution in [0, 0.1) is 23.0 Å². The standard InChI is InChI=1S/C25H23F2NO/c26-18-5-6-23-20(14-18)19(9-12-28-23)16-7-10-25(11-8-16)15-21(25)24(29)13-17-3-1-2-4-22(17)27/h1-6,9,12,14,16,21H,7-8,10-11,13,15H2/t16?,21-,25?/m1/s1. The van der Waals surface area contributed by atoms with Gasteiger partial charge >= 0.3 is 0 Å². The lowest BCUT2D eigenvalue weighted by Crippen LogP contribution is -2.20. The Bertz CT molecular complexity index is 1090. The first kappa shape index (κ1) is 18.4. The third kappa shape index (κ3) is 3.35. The van der Waals surface area contributed by atoms with Gasteiger partial charge in [-0.25, -0.2) is 8.78 Å². The molecule has 2 aliphatic rings. The highest BCUT2D eigenvalue weighted by Gasteiger charge is 2.57. The first-order chi connectivity index (χ1) is 14.1. The molecule has 5 rings (SSSR count). The van der Waals surface area contributed by atoms with Crippen LogP contribution in [0.3, 0.4) is 0 Å². The molecule has 1 spiro atoms. The number of Topliss-reactive ketones (excluding diaryl/α,β-unsaturated/α-hetero) is 1. The van der Waals surface area contributed by atoms with Crippen LogP contribution in [0.15, 0.2) is 54.7 Å². The second-order valence-corrected chi connectivity index (χ2v) is 8.69. The van der Waals surface area contributed by atoms with E-state index in [1.165, 1.54) is 17.7 Å². The number of benzene rings is 2. The molecule has 29 heavy (non-hydrogen) atoms. The maximum absolute atomic E-state index is 13.9. The molecular weight excluding hydrogens is 368 g/mol. The fraction of sp³-hybridized carbons (Fsp3) is 0.360. The Morgan fingerprint density at radius 2 is 1.86 bits per heavy atom. The van der Waals surface area contributed by atoms with Crippen molar-refractivity contribution in [3.05, 3.63) is 77.5 Å². The number of nitrogens with zero attached hydrogens (tertiary/aromatic N) is 1. The predicted molar refractivity (Wildman–Crippen MR) is 109 cm³/mol. The van der Waals surface area contributed by atoms with E-state index in [1.807, 2.05) is 6.07 Å². The monoisotopic (exact) mass is 391 g/mol. The summed E-state index contributed by atoms with van der Waals surface area (Å²) >= 11 is 0. The summed E-state index contributed by atoms with van der Waals surface area (Å²) in [5.41, 5.74) is 2.60. The molecule has 2 aliphatic carbocycles. The van der Waals surface area contributed by atoms with Crippen LogP contribution in [0.25, 0.3) is 10.9 Å². The smallest absolute Gasteiger partial charge is 0.141 e. The fourth-order valence-corrected chi connectivity index (χ4v) is 5.31. The zero-order chi connectivity index (χ0) is 20.0. The summed E-state index contributed by atoms with van der Waals surface area (Å²) in [6.45, 7) is 0. The highest BCUT2D eigenvalue weighted by atomic mass is 19.1. The minimum Gasteiger partial charge on any atom is -0.299 e. The Kier molecular flexibility index (Phi) is 4.45. The van der Waals surface area contributed by atoms with Crippen LogP contribution in [0.2, 0.25) is 0 Å². The number of hydrogen-bond donors (Lipinski definition) is 0. The van der Waals surface area contributed by atoms with Gasteiger partial charge in [0.05, 0.1) is 5.52 Å². The fourth-order valence-electron chi connectivity index (χ4n) is 5.31. The van der Waals surface area contributed by atoms with Crippen molar-refractivity contribution in [1.29, 1.82) is 0 Å². The van der Waals surface area contributed by atoms with Crippen LogP contribution in [-0.2, 0) is 11.2 Å². The number of hydrogen-bond acceptors (Lipinski definition) is 2. The van der Waals surface area contributed by atoms with Gasteiger partial charge in [0.2, 0.25) is 0 Å². The molecule has 0 bridgehead atoms. The molecule has 2 fully saturated rings. The number of fused-ring (bicyclic) bond motifs is 1. The third-order valence-corrected chi connectivity index (χ3v) is 7.06. The average molecular weight is 391 g/mol. The van der Waals surface area contributed by atoms with E-state index in [9.17, 15) is 13.6 Å². The molecule has 148 valence electrons. The third-order valence-electron chi connectivity index (χ3n) is 7.06. The van der Waals surface area contributed by atoms with E-state index < -0.39 is 0 Å². The van der Waals surface area contributed by atoms with E-state index >= 15 is 0 Å². The van der Waals surface area contributed by atoms with E-state index in [0.717, 1.165) is 43.0 Å². The molecule has 0 radical (unpaired) electrons. The van der Waals surface area contributed by atoms with Gasteiger partial charge in [-0.05, 0) is 84.9 Å². The SMILES string of the molecule is O=C(Cc1ccccc1F)[C@H]1CC12CCC(c1ccnc3ccc(F)cc13)CC2. The molecule has 0 amide bonds. The van der Waals surface area contributed by atoms with E-state index in [4.69, 9.17) is 0 Å². The summed E-state index contributed by atoms with van der Waals surface area (Å²) < 4.78 is 27.7. The van der Waals surface area contributed by atoms with E-state index in [-0.39, 0.29) is 35.2 Å². The molecule has 4 heteroatoms. The Balaban J connectivity index is 1.28. The van der Waals surface area contributed by atoms with Crippen LogP contribution in [0.4, 0.5) is 8.78 Å². The van der Waals surface area contributed by atoms with Gasteiger partial charge in [0.15, 0.2) is 0 Å². The van der Waals surface area contributed by atoms with Gasteiger partial charge in [0.1, 0.15) is 17.4 Å². The Morgan fingerprint density at radius 1 is 1.07 bits per heavy atom. The average Bonchev–Trinajstić information content (AvgIpc) is 3.43. The van der Waals surface area contributed by atoms with Crippen molar-refractivity contribution in [1.82, 2.24) is 4.98 Å². The van der Waals surface area contributed by atoms with Crippen molar-refractivity contribution in [3.63, 3.8) is 0 Å². The second kappa shape index (κ2) is 7.01. The second-order valence-electron chi connectivity index (χ2n) is 8.69. The summed E-state index contributed by atoms with van der Waals surface area (Å²) in [5, 5.41) is 0.899. The molecule has 0 aliphatic heterocycles. The molecule has 0 N–H and O–H groups in total. The minimum atomic E-state index is -0.295. The van der Waals surface area contributed by atoms with Gasteiger partial charge in [-0.15, -0.1) is 0 Å². The zero-order valence-corrected chi connectivity index (χ0v) is 16.2. The number of rotatable bonds is 4. The maximum Gasteiger partial charge on any atom is 0.141 e. The quantitative estimate of drug-likeness (QED) is 0.547. The molecule has 1 atom stereocenters. The van der Waals surface area contributed by atoms with Crippen molar-refractivity contribution in [3.8, 4) is 0 Å². The number of halogens is 2. The van der Waals surface area contributed by atoms with Crippen molar-refractivity contribution in [2.24, 2.45) is 11.3 Å². The van der Waals surface area contributed by atoms with Crippen LogP contribution < -0.4 is 0 Å². The number of ketones is 1. The number of pyridine rings is 1. The van der Waals surface area contributed by atoms with Crippen LogP contribution in [0.1, 0.15) is 49.1 Å². The number of carbonyl (C=O) groups is 1. The number of carbonyl (C=O) groups excluding carboxylic acids is 1. The van der Waals surface area contributed by atoms with Crippen LogP contribution in [-0.4, -0.2) is 10.8 Å². The Labute approximate surface area is 169 Å². The van der Waals surface area contributed by atoms with Crippen molar-refractivity contribution in [2.75, 3.05) is 0 Å². The van der Waals surface area contributed by atoms with Gasteiger partial charge in [0, 0.05) is 23.9 Å². The van der Waals surface area contributed by atoms with Gasteiger partial charge in [-0.1, -0.05) is 18.2 Å². The maximum atomic E-state index is 13.9. The van der Waals surface area contributed by atoms with Gasteiger partial charge in [-0.3, -0.25) is 9.78 Å². The predicted octanol–water partition coefficient (Wildman–Crippen LogP) is 5.99. The van der Waals surface area contributed by atoms with E-state index in [2.05, 4.69) is 4.98 Å². The lowest BCUT2D eigenvalue weighted by molar-refractivity contribution is -0.120. The molecule has 1 heterocycles. The van der Waals surface area contributed by atoms with Gasteiger partial charge in [0.25, 0.3) is 0 Å². The molecule has 2 saturated carbocycles. The highest BCUT2D eigenvalue weighted by Crippen LogP contribution is 2.63. The summed E-state index contributed by atoms with van der Waals surface area (Å²) in [6.07, 6.45) is 6.93. The molecule has 2 nitrogen and oxygen atoms in total. The lowest BCUT2D eigenvalue weighted by atomic mass is 9.74. The van der Waals surface area contributed by atoms with E-state index in [0.29, 0.717) is 11.5 Å². The first-order valence-corrected chi connectivity index (χ1v) is 10.4. The summed E-state index contributed by atoms with van der Waals surface area (Å²) in [7, 11) is 0. The zero-order valence-electron chi connectivity index (χ0n) is 16.2. The molecule has 1 aromatic heterocycles. The Morgan fingerprint density at radius 3 is 2.66 bits per heavy atom. The summed E-state index contributed by atoms with van der Waals surface area (Å²) in [5.74, 6) is 0.0756. The normalized spacial score (nSPS) is 26.0. The molecule has 3 aromatic rings. The summed E-state index contributed by atoms with van der Waals surface area (Å²) in [4.78, 5) is 17.1. The minimum absolute atomic E-state index is 0.0645. The summed E-state index contributed by atoms with van der Waals surface area (Å²) in [6, 6.07) is 13.3. The molecular formula is C25H23F2NO. The largest absolute Gasteiger partial charge is 0.299 e.